The average Bonchev–Trinajstić information content (AvgIpc) is 2.29. The fourth-order valence-electron chi connectivity index (χ4n) is 1.07. The molecule has 0 radical (unpaired) electrons. The molecule has 0 aliphatic heterocycles. The van der Waals surface area contributed by atoms with E-state index >= 15 is 0 Å². The first-order valence-electron chi connectivity index (χ1n) is 5.89. The third-order valence-electron chi connectivity index (χ3n) is 1.98. The van der Waals surface area contributed by atoms with Crippen molar-refractivity contribution in [2.45, 2.75) is 26.2 Å². The van der Waals surface area contributed by atoms with Crippen LogP contribution in [-0.2, 0) is 9.47 Å². The van der Waals surface area contributed by atoms with Gasteiger partial charge in [-0.15, -0.1) is 0 Å². The highest BCUT2D eigenvalue weighted by Gasteiger charge is 1.94. The highest BCUT2D eigenvalue weighted by atomic mass is 32.1. The number of methoxy groups -OCH3 is 1. The van der Waals surface area contributed by atoms with Gasteiger partial charge in [0.15, 0.2) is 5.11 Å². The summed E-state index contributed by atoms with van der Waals surface area (Å²) in [4.78, 5) is 0. The van der Waals surface area contributed by atoms with E-state index < -0.39 is 0 Å². The van der Waals surface area contributed by atoms with Crippen molar-refractivity contribution < 1.29 is 9.47 Å². The van der Waals surface area contributed by atoms with E-state index in [2.05, 4.69) is 17.6 Å². The molecule has 0 spiro atoms. The zero-order valence-corrected chi connectivity index (χ0v) is 11.2. The second-order valence-electron chi connectivity index (χ2n) is 3.49. The Hall–Kier alpha value is -0.390. The first kappa shape index (κ1) is 15.6. The number of rotatable bonds is 10. The van der Waals surface area contributed by atoms with Crippen LogP contribution in [0.3, 0.4) is 0 Å². The van der Waals surface area contributed by atoms with Crippen LogP contribution in [0.5, 0.6) is 0 Å². The zero-order valence-electron chi connectivity index (χ0n) is 10.4. The summed E-state index contributed by atoms with van der Waals surface area (Å²) < 4.78 is 10.3. The minimum absolute atomic E-state index is 0.690. The number of unbranched alkanes of at least 4 members (excludes halogenated alkanes) is 1. The van der Waals surface area contributed by atoms with Gasteiger partial charge in [0.1, 0.15) is 0 Å². The summed E-state index contributed by atoms with van der Waals surface area (Å²) in [5, 5.41) is 6.89. The summed E-state index contributed by atoms with van der Waals surface area (Å²) in [5.74, 6) is 0. The predicted molar refractivity (Wildman–Crippen MR) is 70.8 cm³/mol. The van der Waals surface area contributed by atoms with Gasteiger partial charge in [-0.1, -0.05) is 13.3 Å². The molecule has 0 heterocycles. The summed E-state index contributed by atoms with van der Waals surface area (Å²) in [6.07, 6.45) is 3.26. The maximum Gasteiger partial charge on any atom is 0.166 e. The lowest BCUT2D eigenvalue weighted by Gasteiger charge is -2.10. The SMILES string of the molecule is CCCCOCCNC(=S)NCCCOC. The Bertz CT molecular complexity index is 168. The van der Waals surface area contributed by atoms with Gasteiger partial charge in [-0.25, -0.2) is 0 Å². The van der Waals surface area contributed by atoms with Crippen LogP contribution in [0.4, 0.5) is 0 Å². The molecule has 0 aromatic rings. The highest BCUT2D eigenvalue weighted by Crippen LogP contribution is 1.86. The largest absolute Gasteiger partial charge is 0.385 e. The predicted octanol–water partition coefficient (Wildman–Crippen LogP) is 1.30. The minimum Gasteiger partial charge on any atom is -0.385 e. The molecule has 96 valence electrons. The lowest BCUT2D eigenvalue weighted by atomic mass is 10.4. The molecule has 0 bridgehead atoms. The van der Waals surface area contributed by atoms with Gasteiger partial charge in [-0.3, -0.25) is 0 Å². The molecule has 0 unspecified atom stereocenters. The number of ether oxygens (including phenoxy) is 2. The van der Waals surface area contributed by atoms with E-state index in [0.717, 1.165) is 39.1 Å². The van der Waals surface area contributed by atoms with E-state index in [0.29, 0.717) is 11.7 Å². The van der Waals surface area contributed by atoms with Crippen LogP contribution in [-0.4, -0.2) is 45.1 Å². The Morgan fingerprint density at radius 2 is 1.81 bits per heavy atom. The van der Waals surface area contributed by atoms with Crippen LogP contribution in [0.1, 0.15) is 26.2 Å². The van der Waals surface area contributed by atoms with Crippen LogP contribution in [0.15, 0.2) is 0 Å². The van der Waals surface area contributed by atoms with Gasteiger partial charge in [0.05, 0.1) is 6.61 Å². The van der Waals surface area contributed by atoms with Crippen molar-refractivity contribution in [2.75, 3.05) is 40.0 Å². The molecule has 5 heteroatoms. The van der Waals surface area contributed by atoms with Crippen molar-refractivity contribution in [3.63, 3.8) is 0 Å². The lowest BCUT2D eigenvalue weighted by molar-refractivity contribution is 0.136. The van der Waals surface area contributed by atoms with E-state index in [9.17, 15) is 0 Å². The molecule has 0 amide bonds. The molecular formula is C11H24N2O2S. The van der Waals surface area contributed by atoms with Crippen LogP contribution in [0.25, 0.3) is 0 Å². The monoisotopic (exact) mass is 248 g/mol. The second-order valence-corrected chi connectivity index (χ2v) is 3.90. The van der Waals surface area contributed by atoms with E-state index in [1.807, 2.05) is 0 Å². The maximum atomic E-state index is 5.40. The first-order chi connectivity index (χ1) is 7.81. The van der Waals surface area contributed by atoms with Crippen molar-refractivity contribution in [1.82, 2.24) is 10.6 Å². The van der Waals surface area contributed by atoms with Gasteiger partial charge >= 0.3 is 0 Å². The number of hydrogen-bond acceptors (Lipinski definition) is 3. The van der Waals surface area contributed by atoms with Gasteiger partial charge in [0.25, 0.3) is 0 Å². The van der Waals surface area contributed by atoms with Crippen molar-refractivity contribution >= 4 is 17.3 Å². The fraction of sp³-hybridized carbons (Fsp3) is 0.909. The van der Waals surface area contributed by atoms with Gasteiger partial charge in [0, 0.05) is 33.4 Å². The summed E-state index contributed by atoms with van der Waals surface area (Å²) >= 11 is 5.09. The van der Waals surface area contributed by atoms with Crippen molar-refractivity contribution in [1.29, 1.82) is 0 Å². The average molecular weight is 248 g/mol. The molecule has 0 aromatic heterocycles. The first-order valence-corrected chi connectivity index (χ1v) is 6.30. The molecule has 0 saturated heterocycles. The third kappa shape index (κ3) is 11.7. The zero-order chi connectivity index (χ0) is 12.1. The molecule has 0 aromatic carbocycles. The summed E-state index contributed by atoms with van der Waals surface area (Å²) in [7, 11) is 1.70. The van der Waals surface area contributed by atoms with E-state index in [-0.39, 0.29) is 0 Å². The summed E-state index contributed by atoms with van der Waals surface area (Å²) in [6.45, 7) is 6.07. The van der Waals surface area contributed by atoms with Crippen LogP contribution in [0, 0.1) is 0 Å². The summed E-state index contributed by atoms with van der Waals surface area (Å²) in [5.41, 5.74) is 0. The fourth-order valence-corrected chi connectivity index (χ4v) is 1.27. The van der Waals surface area contributed by atoms with Crippen molar-refractivity contribution in [3.05, 3.63) is 0 Å². The Morgan fingerprint density at radius 3 is 2.50 bits per heavy atom. The molecule has 0 saturated carbocycles. The Kier molecular flexibility index (Phi) is 12.4. The normalized spacial score (nSPS) is 10.1. The van der Waals surface area contributed by atoms with Crippen molar-refractivity contribution in [3.8, 4) is 0 Å². The maximum absolute atomic E-state index is 5.40. The molecule has 16 heavy (non-hydrogen) atoms. The minimum atomic E-state index is 0.690. The Labute approximate surface area is 104 Å². The smallest absolute Gasteiger partial charge is 0.166 e. The van der Waals surface area contributed by atoms with Crippen molar-refractivity contribution in [2.24, 2.45) is 0 Å². The molecule has 0 atom stereocenters. The third-order valence-corrected chi connectivity index (χ3v) is 2.27. The van der Waals surface area contributed by atoms with Gasteiger partial charge in [0.2, 0.25) is 0 Å². The Balaban J connectivity index is 3.11. The highest BCUT2D eigenvalue weighted by molar-refractivity contribution is 7.80. The molecule has 4 nitrogen and oxygen atoms in total. The number of thiocarbonyl (C=S) groups is 1. The van der Waals surface area contributed by atoms with E-state index in [4.69, 9.17) is 21.7 Å². The molecule has 0 aliphatic rings. The molecular weight excluding hydrogens is 224 g/mol. The molecule has 0 aliphatic carbocycles. The molecule has 0 fully saturated rings. The molecule has 2 N–H and O–H groups in total. The lowest BCUT2D eigenvalue weighted by Crippen LogP contribution is -2.37. The van der Waals surface area contributed by atoms with Gasteiger partial charge < -0.3 is 20.1 Å². The quantitative estimate of drug-likeness (QED) is 0.451. The standard InChI is InChI=1S/C11H24N2O2S/c1-3-4-9-15-10-7-13-11(16)12-6-5-8-14-2/h3-10H2,1-2H3,(H2,12,13,16). The topological polar surface area (TPSA) is 42.5 Å². The van der Waals surface area contributed by atoms with Gasteiger partial charge in [-0.05, 0) is 25.1 Å². The number of nitrogens with one attached hydrogen (secondary N) is 2. The van der Waals surface area contributed by atoms with E-state index in [1.54, 1.807) is 7.11 Å². The van der Waals surface area contributed by atoms with Crippen LogP contribution >= 0.6 is 12.2 Å². The molecule has 0 rings (SSSR count). The second kappa shape index (κ2) is 12.7. The van der Waals surface area contributed by atoms with Crippen LogP contribution in [0.2, 0.25) is 0 Å². The number of hydrogen-bond donors (Lipinski definition) is 2. The Morgan fingerprint density at radius 1 is 1.06 bits per heavy atom. The summed E-state index contributed by atoms with van der Waals surface area (Å²) in [6, 6.07) is 0. The van der Waals surface area contributed by atoms with E-state index in [1.165, 1.54) is 6.42 Å². The van der Waals surface area contributed by atoms with Gasteiger partial charge in [-0.2, -0.15) is 0 Å². The van der Waals surface area contributed by atoms with Crippen LogP contribution < -0.4 is 10.6 Å².